The molecule has 3 heteroatoms. The molecule has 0 aromatic rings. The minimum absolute atomic E-state index is 0.358. The van der Waals surface area contributed by atoms with E-state index in [-0.39, 0.29) is 0 Å². The SMILES string of the molecule is CC(C)OCCN(C)CCCN1CCCCC1. The lowest BCUT2D eigenvalue weighted by atomic mass is 10.1. The summed E-state index contributed by atoms with van der Waals surface area (Å²) in [4.78, 5) is 4.99. The summed E-state index contributed by atoms with van der Waals surface area (Å²) in [5, 5.41) is 0. The first-order valence-electron chi connectivity index (χ1n) is 7.21. The fraction of sp³-hybridized carbons (Fsp3) is 1.00. The zero-order valence-corrected chi connectivity index (χ0v) is 12.0. The Balaban J connectivity index is 1.93. The van der Waals surface area contributed by atoms with Gasteiger partial charge in [-0.05, 0) is 66.3 Å². The van der Waals surface area contributed by atoms with Crippen LogP contribution in [0, 0.1) is 0 Å². The maximum Gasteiger partial charge on any atom is 0.0596 e. The number of likely N-dealkylation sites (N-methyl/N-ethyl adjacent to an activating group) is 1. The summed E-state index contributed by atoms with van der Waals surface area (Å²) in [6, 6.07) is 0. The van der Waals surface area contributed by atoms with Gasteiger partial charge in [-0.15, -0.1) is 0 Å². The van der Waals surface area contributed by atoms with Crippen molar-refractivity contribution in [3.05, 3.63) is 0 Å². The molecule has 0 aromatic carbocycles. The van der Waals surface area contributed by atoms with Gasteiger partial charge in [0.25, 0.3) is 0 Å². The van der Waals surface area contributed by atoms with Crippen molar-refractivity contribution >= 4 is 0 Å². The first kappa shape index (κ1) is 14.9. The third-order valence-corrected chi connectivity index (χ3v) is 3.39. The second-order valence-electron chi connectivity index (χ2n) is 5.48. The Labute approximate surface area is 107 Å². The molecule has 102 valence electrons. The number of piperidine rings is 1. The maximum absolute atomic E-state index is 5.56. The van der Waals surface area contributed by atoms with Gasteiger partial charge in [-0.3, -0.25) is 0 Å². The molecule has 1 saturated heterocycles. The average Bonchev–Trinajstić information content (AvgIpc) is 2.30. The van der Waals surface area contributed by atoms with Crippen LogP contribution in [-0.2, 0) is 4.74 Å². The van der Waals surface area contributed by atoms with Crippen LogP contribution in [0.1, 0.15) is 39.5 Å². The molecule has 1 aliphatic heterocycles. The van der Waals surface area contributed by atoms with Gasteiger partial charge in [-0.1, -0.05) is 6.42 Å². The Hall–Kier alpha value is -0.120. The van der Waals surface area contributed by atoms with Gasteiger partial charge in [0.05, 0.1) is 12.7 Å². The minimum Gasteiger partial charge on any atom is -0.377 e. The highest BCUT2D eigenvalue weighted by atomic mass is 16.5. The summed E-state index contributed by atoms with van der Waals surface area (Å²) < 4.78 is 5.56. The Kier molecular flexibility index (Phi) is 7.82. The van der Waals surface area contributed by atoms with E-state index in [4.69, 9.17) is 4.74 Å². The fourth-order valence-electron chi connectivity index (χ4n) is 2.30. The molecule has 0 bridgehead atoms. The van der Waals surface area contributed by atoms with E-state index in [1.165, 1.54) is 51.9 Å². The summed E-state index contributed by atoms with van der Waals surface area (Å²) >= 11 is 0. The van der Waals surface area contributed by atoms with Gasteiger partial charge in [0.1, 0.15) is 0 Å². The molecule has 0 saturated carbocycles. The molecule has 1 rings (SSSR count). The van der Waals surface area contributed by atoms with Crippen molar-refractivity contribution in [1.82, 2.24) is 9.80 Å². The Morgan fingerprint density at radius 3 is 2.47 bits per heavy atom. The third kappa shape index (κ3) is 7.74. The number of ether oxygens (including phenoxy) is 1. The maximum atomic E-state index is 5.56. The van der Waals surface area contributed by atoms with Crippen molar-refractivity contribution in [2.45, 2.75) is 45.6 Å². The highest BCUT2D eigenvalue weighted by Gasteiger charge is 2.09. The van der Waals surface area contributed by atoms with Crippen LogP contribution in [0.5, 0.6) is 0 Å². The smallest absolute Gasteiger partial charge is 0.0596 e. The van der Waals surface area contributed by atoms with Crippen molar-refractivity contribution in [1.29, 1.82) is 0 Å². The van der Waals surface area contributed by atoms with Crippen LogP contribution in [-0.4, -0.2) is 62.3 Å². The predicted octanol–water partition coefficient (Wildman–Crippen LogP) is 2.22. The van der Waals surface area contributed by atoms with E-state index < -0.39 is 0 Å². The van der Waals surface area contributed by atoms with E-state index in [0.717, 1.165) is 13.2 Å². The van der Waals surface area contributed by atoms with Crippen LogP contribution in [0.2, 0.25) is 0 Å². The lowest BCUT2D eigenvalue weighted by molar-refractivity contribution is 0.0630. The van der Waals surface area contributed by atoms with E-state index in [0.29, 0.717) is 6.10 Å². The Morgan fingerprint density at radius 1 is 1.12 bits per heavy atom. The molecule has 0 unspecified atom stereocenters. The Bertz CT molecular complexity index is 179. The van der Waals surface area contributed by atoms with Crippen LogP contribution >= 0.6 is 0 Å². The normalized spacial score (nSPS) is 18.2. The second-order valence-corrected chi connectivity index (χ2v) is 5.48. The van der Waals surface area contributed by atoms with Gasteiger partial charge in [-0.25, -0.2) is 0 Å². The average molecular weight is 242 g/mol. The van der Waals surface area contributed by atoms with Crippen LogP contribution in [0.4, 0.5) is 0 Å². The number of rotatable bonds is 8. The lowest BCUT2D eigenvalue weighted by Crippen LogP contribution is -2.33. The summed E-state index contributed by atoms with van der Waals surface area (Å²) in [7, 11) is 2.19. The molecule has 1 fully saturated rings. The lowest BCUT2D eigenvalue weighted by Gasteiger charge is -2.27. The number of hydrogen-bond acceptors (Lipinski definition) is 3. The molecule has 0 N–H and O–H groups in total. The first-order valence-corrected chi connectivity index (χ1v) is 7.21. The van der Waals surface area contributed by atoms with E-state index in [1.807, 2.05) is 0 Å². The van der Waals surface area contributed by atoms with Crippen molar-refractivity contribution in [3.63, 3.8) is 0 Å². The van der Waals surface area contributed by atoms with Gasteiger partial charge >= 0.3 is 0 Å². The van der Waals surface area contributed by atoms with E-state index in [1.54, 1.807) is 0 Å². The summed E-state index contributed by atoms with van der Waals surface area (Å²) in [5.74, 6) is 0. The summed E-state index contributed by atoms with van der Waals surface area (Å²) in [6.07, 6.45) is 5.88. The summed E-state index contributed by atoms with van der Waals surface area (Å²) in [6.45, 7) is 11.2. The van der Waals surface area contributed by atoms with Gasteiger partial charge in [0.15, 0.2) is 0 Å². The van der Waals surface area contributed by atoms with E-state index >= 15 is 0 Å². The zero-order valence-electron chi connectivity index (χ0n) is 12.0. The second kappa shape index (κ2) is 8.90. The molecule has 1 aliphatic rings. The largest absolute Gasteiger partial charge is 0.377 e. The molecule has 0 atom stereocenters. The first-order chi connectivity index (χ1) is 8.18. The van der Waals surface area contributed by atoms with Crippen LogP contribution in [0.25, 0.3) is 0 Å². The number of nitrogens with zero attached hydrogens (tertiary/aromatic N) is 2. The van der Waals surface area contributed by atoms with Crippen molar-refractivity contribution in [2.24, 2.45) is 0 Å². The van der Waals surface area contributed by atoms with Crippen molar-refractivity contribution < 1.29 is 4.74 Å². The minimum atomic E-state index is 0.358. The summed E-state index contributed by atoms with van der Waals surface area (Å²) in [5.41, 5.74) is 0. The fourth-order valence-corrected chi connectivity index (χ4v) is 2.30. The highest BCUT2D eigenvalue weighted by Crippen LogP contribution is 2.08. The highest BCUT2D eigenvalue weighted by molar-refractivity contribution is 4.65. The molecule has 0 spiro atoms. The molecule has 0 amide bonds. The predicted molar refractivity (Wildman–Crippen MR) is 73.5 cm³/mol. The van der Waals surface area contributed by atoms with Gasteiger partial charge in [0, 0.05) is 6.54 Å². The van der Waals surface area contributed by atoms with Crippen molar-refractivity contribution in [3.8, 4) is 0 Å². The van der Waals surface area contributed by atoms with Gasteiger partial charge < -0.3 is 14.5 Å². The molecule has 0 aromatic heterocycles. The molecular formula is C14H30N2O. The van der Waals surface area contributed by atoms with Gasteiger partial charge in [-0.2, -0.15) is 0 Å². The monoisotopic (exact) mass is 242 g/mol. The number of likely N-dealkylation sites (tertiary alicyclic amines) is 1. The zero-order chi connectivity index (χ0) is 12.5. The molecular weight excluding hydrogens is 212 g/mol. The molecule has 1 heterocycles. The molecule has 0 radical (unpaired) electrons. The Morgan fingerprint density at radius 2 is 1.82 bits per heavy atom. The van der Waals surface area contributed by atoms with Crippen LogP contribution in [0.3, 0.4) is 0 Å². The standard InChI is InChI=1S/C14H30N2O/c1-14(2)17-13-12-15(3)8-7-11-16-9-5-4-6-10-16/h14H,4-13H2,1-3H3. The third-order valence-electron chi connectivity index (χ3n) is 3.39. The topological polar surface area (TPSA) is 15.7 Å². The van der Waals surface area contributed by atoms with Crippen LogP contribution in [0.15, 0.2) is 0 Å². The molecule has 0 aliphatic carbocycles. The van der Waals surface area contributed by atoms with E-state index in [9.17, 15) is 0 Å². The number of hydrogen-bond donors (Lipinski definition) is 0. The quantitative estimate of drug-likeness (QED) is 0.649. The molecule has 17 heavy (non-hydrogen) atoms. The van der Waals surface area contributed by atoms with Crippen molar-refractivity contribution in [2.75, 3.05) is 46.4 Å². The van der Waals surface area contributed by atoms with Gasteiger partial charge in [0.2, 0.25) is 0 Å². The van der Waals surface area contributed by atoms with E-state index in [2.05, 4.69) is 30.7 Å². The van der Waals surface area contributed by atoms with Crippen LogP contribution < -0.4 is 0 Å². The molecule has 3 nitrogen and oxygen atoms in total.